The van der Waals surface area contributed by atoms with Crippen molar-refractivity contribution in [2.24, 2.45) is 0 Å². The van der Waals surface area contributed by atoms with Gasteiger partial charge in [0.2, 0.25) is 0 Å². The van der Waals surface area contributed by atoms with Crippen LogP contribution in [0.1, 0.15) is 12.6 Å². The number of nitrogens with zero attached hydrogens (tertiary/aromatic N) is 1. The van der Waals surface area contributed by atoms with Gasteiger partial charge in [-0.05, 0) is 18.6 Å². The molecule has 1 N–H and O–H groups in total. The summed E-state index contributed by atoms with van der Waals surface area (Å²) in [5.41, 5.74) is 1.89. The van der Waals surface area contributed by atoms with Crippen molar-refractivity contribution in [2.75, 3.05) is 0 Å². The molecule has 0 spiro atoms. The maximum atomic E-state index is 9.61. The second-order valence-corrected chi connectivity index (χ2v) is 3.87. The second-order valence-electron chi connectivity index (χ2n) is 3.01. The van der Waals surface area contributed by atoms with E-state index in [1.54, 1.807) is 17.4 Å². The minimum Gasteiger partial charge on any atom is -0.507 e. The fourth-order valence-electron chi connectivity index (χ4n) is 1.25. The first kappa shape index (κ1) is 9.21. The first-order valence-electron chi connectivity index (χ1n) is 4.54. The molecule has 0 fully saturated rings. The number of aryl methyl sites for hydroxylation is 1. The monoisotopic (exact) mass is 205 g/mol. The highest BCUT2D eigenvalue weighted by molar-refractivity contribution is 7.13. The zero-order valence-corrected chi connectivity index (χ0v) is 8.71. The van der Waals surface area contributed by atoms with Crippen molar-refractivity contribution in [3.05, 3.63) is 35.3 Å². The first-order valence-corrected chi connectivity index (χ1v) is 5.42. The average Bonchev–Trinajstić information content (AvgIpc) is 2.67. The number of aromatic nitrogens is 1. The van der Waals surface area contributed by atoms with Crippen LogP contribution in [0, 0.1) is 0 Å². The van der Waals surface area contributed by atoms with E-state index in [9.17, 15) is 5.11 Å². The van der Waals surface area contributed by atoms with E-state index in [-0.39, 0.29) is 0 Å². The van der Waals surface area contributed by atoms with Gasteiger partial charge in [0.25, 0.3) is 0 Å². The van der Waals surface area contributed by atoms with Crippen LogP contribution in [0.25, 0.3) is 10.6 Å². The molecule has 72 valence electrons. The van der Waals surface area contributed by atoms with Crippen LogP contribution in [0.3, 0.4) is 0 Å². The Morgan fingerprint density at radius 2 is 2.14 bits per heavy atom. The Bertz CT molecular complexity index is 436. The molecule has 3 heteroatoms. The maximum Gasteiger partial charge on any atom is 0.127 e. The summed E-state index contributed by atoms with van der Waals surface area (Å²) in [6.07, 6.45) is 0.935. The van der Waals surface area contributed by atoms with E-state index in [4.69, 9.17) is 0 Å². The fourth-order valence-corrected chi connectivity index (χ4v) is 2.18. The smallest absolute Gasteiger partial charge is 0.127 e. The molecule has 0 bridgehead atoms. The number of hydrogen-bond donors (Lipinski definition) is 1. The van der Waals surface area contributed by atoms with Crippen LogP contribution in [-0.4, -0.2) is 10.1 Å². The number of para-hydroxylation sites is 1. The minimum absolute atomic E-state index is 0.296. The predicted molar refractivity (Wildman–Crippen MR) is 58.6 cm³/mol. The van der Waals surface area contributed by atoms with E-state index in [0.29, 0.717) is 5.75 Å². The van der Waals surface area contributed by atoms with Gasteiger partial charge < -0.3 is 5.11 Å². The van der Waals surface area contributed by atoms with E-state index >= 15 is 0 Å². The van der Waals surface area contributed by atoms with Crippen molar-refractivity contribution in [3.8, 4) is 16.3 Å². The Morgan fingerprint density at radius 1 is 1.36 bits per heavy atom. The third kappa shape index (κ3) is 1.63. The first-order chi connectivity index (χ1) is 6.81. The number of rotatable bonds is 2. The van der Waals surface area contributed by atoms with Crippen molar-refractivity contribution in [1.82, 2.24) is 4.98 Å². The largest absolute Gasteiger partial charge is 0.507 e. The predicted octanol–water partition coefficient (Wildman–Crippen LogP) is 3.08. The van der Waals surface area contributed by atoms with E-state index in [1.807, 2.05) is 23.6 Å². The highest BCUT2D eigenvalue weighted by Crippen LogP contribution is 2.30. The maximum absolute atomic E-state index is 9.61. The van der Waals surface area contributed by atoms with Crippen molar-refractivity contribution in [1.29, 1.82) is 0 Å². The molecule has 0 aliphatic carbocycles. The number of hydrogen-bond acceptors (Lipinski definition) is 3. The number of phenols is 1. The Labute approximate surface area is 86.9 Å². The van der Waals surface area contributed by atoms with Crippen LogP contribution in [-0.2, 0) is 6.42 Å². The molecule has 1 aromatic heterocycles. The van der Waals surface area contributed by atoms with Gasteiger partial charge in [-0.3, -0.25) is 0 Å². The molecule has 0 saturated carbocycles. The molecule has 0 saturated heterocycles. The lowest BCUT2D eigenvalue weighted by atomic mass is 10.2. The Balaban J connectivity index is 2.44. The Morgan fingerprint density at radius 3 is 2.79 bits per heavy atom. The van der Waals surface area contributed by atoms with Crippen LogP contribution in [0.5, 0.6) is 5.75 Å². The molecule has 2 rings (SSSR count). The number of aromatic hydroxyl groups is 1. The highest BCUT2D eigenvalue weighted by Gasteiger charge is 2.06. The molecule has 2 nitrogen and oxygen atoms in total. The van der Waals surface area contributed by atoms with Gasteiger partial charge in [0.05, 0.1) is 11.3 Å². The average molecular weight is 205 g/mol. The molecule has 1 aromatic carbocycles. The van der Waals surface area contributed by atoms with Gasteiger partial charge >= 0.3 is 0 Å². The van der Waals surface area contributed by atoms with E-state index in [2.05, 4.69) is 11.9 Å². The van der Waals surface area contributed by atoms with Gasteiger partial charge in [-0.15, -0.1) is 11.3 Å². The van der Waals surface area contributed by atoms with Gasteiger partial charge in [0, 0.05) is 5.38 Å². The number of benzene rings is 1. The quantitative estimate of drug-likeness (QED) is 0.817. The van der Waals surface area contributed by atoms with Crippen LogP contribution < -0.4 is 0 Å². The molecule has 0 atom stereocenters. The van der Waals surface area contributed by atoms with Crippen molar-refractivity contribution >= 4 is 11.3 Å². The van der Waals surface area contributed by atoms with Crippen molar-refractivity contribution in [3.63, 3.8) is 0 Å². The lowest BCUT2D eigenvalue weighted by molar-refractivity contribution is 0.477. The minimum atomic E-state index is 0.296. The molecule has 0 unspecified atom stereocenters. The van der Waals surface area contributed by atoms with Gasteiger partial charge in [0.15, 0.2) is 0 Å². The van der Waals surface area contributed by atoms with Crippen LogP contribution in [0.2, 0.25) is 0 Å². The van der Waals surface area contributed by atoms with E-state index < -0.39 is 0 Å². The topological polar surface area (TPSA) is 33.1 Å². The third-order valence-electron chi connectivity index (χ3n) is 2.05. The van der Waals surface area contributed by atoms with Crippen molar-refractivity contribution < 1.29 is 5.11 Å². The van der Waals surface area contributed by atoms with Crippen LogP contribution in [0.15, 0.2) is 29.6 Å². The molecule has 2 aromatic rings. The molecule has 0 aliphatic heterocycles. The lowest BCUT2D eigenvalue weighted by Gasteiger charge is -1.98. The molecule has 14 heavy (non-hydrogen) atoms. The molecule has 0 amide bonds. The van der Waals surface area contributed by atoms with Gasteiger partial charge in [-0.25, -0.2) is 4.98 Å². The lowest BCUT2D eigenvalue weighted by Crippen LogP contribution is -1.80. The number of thiazole rings is 1. The molecular weight excluding hydrogens is 194 g/mol. The zero-order valence-electron chi connectivity index (χ0n) is 7.90. The molecule has 0 aliphatic rings. The molecular formula is C11H11NOS. The summed E-state index contributed by atoms with van der Waals surface area (Å²) in [5, 5.41) is 12.5. The molecule has 1 heterocycles. The summed E-state index contributed by atoms with van der Waals surface area (Å²) in [5.74, 6) is 0.296. The second kappa shape index (κ2) is 3.80. The normalized spacial score (nSPS) is 10.4. The van der Waals surface area contributed by atoms with E-state index in [0.717, 1.165) is 22.7 Å². The van der Waals surface area contributed by atoms with Gasteiger partial charge in [0.1, 0.15) is 10.8 Å². The Hall–Kier alpha value is -1.35. The van der Waals surface area contributed by atoms with Gasteiger partial charge in [-0.2, -0.15) is 0 Å². The van der Waals surface area contributed by atoms with Gasteiger partial charge in [-0.1, -0.05) is 19.1 Å². The third-order valence-corrected chi connectivity index (χ3v) is 2.97. The summed E-state index contributed by atoms with van der Waals surface area (Å²) in [6.45, 7) is 2.07. The summed E-state index contributed by atoms with van der Waals surface area (Å²) < 4.78 is 0. The summed E-state index contributed by atoms with van der Waals surface area (Å²) in [7, 11) is 0. The standard InChI is InChI=1S/C11H11NOS/c1-2-8-7-14-11(12-8)9-5-3-4-6-10(9)13/h3-7,13H,2H2,1H3. The summed E-state index contributed by atoms with van der Waals surface area (Å²) in [6, 6.07) is 7.28. The SMILES string of the molecule is CCc1csc(-c2ccccc2O)n1. The van der Waals surface area contributed by atoms with Crippen molar-refractivity contribution in [2.45, 2.75) is 13.3 Å². The van der Waals surface area contributed by atoms with Crippen LogP contribution >= 0.6 is 11.3 Å². The number of phenolic OH excluding ortho intramolecular Hbond substituents is 1. The summed E-state index contributed by atoms with van der Waals surface area (Å²) in [4.78, 5) is 4.42. The van der Waals surface area contributed by atoms with Crippen LogP contribution in [0.4, 0.5) is 0 Å². The fraction of sp³-hybridized carbons (Fsp3) is 0.182. The molecule has 0 radical (unpaired) electrons. The van der Waals surface area contributed by atoms with E-state index in [1.165, 1.54) is 0 Å². The zero-order chi connectivity index (χ0) is 9.97. The summed E-state index contributed by atoms with van der Waals surface area (Å²) >= 11 is 1.57. The highest BCUT2D eigenvalue weighted by atomic mass is 32.1. The Kier molecular flexibility index (Phi) is 2.50.